The van der Waals surface area contributed by atoms with Crippen molar-refractivity contribution in [2.24, 2.45) is 0 Å². The minimum Gasteiger partial charge on any atom is -0.368 e. The predicted octanol–water partition coefficient (Wildman–Crippen LogP) is 2.96. The number of nitrogens with zero attached hydrogens (tertiary/aromatic N) is 2. The highest BCUT2D eigenvalue weighted by Gasteiger charge is 2.21. The first kappa shape index (κ1) is 19.9. The second kappa shape index (κ2) is 9.37. The second-order valence-corrected chi connectivity index (χ2v) is 6.88. The van der Waals surface area contributed by atoms with Crippen molar-refractivity contribution in [3.63, 3.8) is 0 Å². The van der Waals surface area contributed by atoms with Crippen LogP contribution in [-0.2, 0) is 9.59 Å². The Morgan fingerprint density at radius 2 is 1.64 bits per heavy atom. The summed E-state index contributed by atoms with van der Waals surface area (Å²) >= 11 is 5.91. The van der Waals surface area contributed by atoms with Crippen molar-refractivity contribution in [2.45, 2.75) is 0 Å². The monoisotopic (exact) mass is 401 g/mol. The molecule has 0 radical (unpaired) electrons. The molecule has 1 heterocycles. The Morgan fingerprint density at radius 1 is 1.00 bits per heavy atom. The molecule has 1 fully saturated rings. The average molecular weight is 402 g/mol. The number of piperazine rings is 1. The normalized spacial score (nSPS) is 14.4. The molecule has 2 aromatic carbocycles. The fourth-order valence-corrected chi connectivity index (χ4v) is 3.07. The molecule has 5 nitrogen and oxygen atoms in total. The molecule has 1 N–H and O–H groups in total. The molecule has 1 aliphatic heterocycles. The third-order valence-corrected chi connectivity index (χ3v) is 4.79. The van der Waals surface area contributed by atoms with E-state index in [0.29, 0.717) is 23.7 Å². The van der Waals surface area contributed by atoms with Gasteiger partial charge in [0.05, 0.1) is 6.54 Å². The summed E-state index contributed by atoms with van der Waals surface area (Å²) in [4.78, 5) is 28.1. The molecule has 1 saturated heterocycles. The van der Waals surface area contributed by atoms with Gasteiger partial charge in [-0.05, 0) is 48.0 Å². The minimum absolute atomic E-state index is 0.0481. The summed E-state index contributed by atoms with van der Waals surface area (Å²) < 4.78 is 12.9. The summed E-state index contributed by atoms with van der Waals surface area (Å²) in [6, 6.07) is 13.4. The number of halogens is 2. The molecule has 0 aromatic heterocycles. The van der Waals surface area contributed by atoms with E-state index in [-0.39, 0.29) is 24.2 Å². The van der Waals surface area contributed by atoms with Crippen molar-refractivity contribution in [1.29, 1.82) is 0 Å². The zero-order valence-electron chi connectivity index (χ0n) is 15.3. The third-order valence-electron chi connectivity index (χ3n) is 4.54. The Hall–Kier alpha value is -2.86. The zero-order chi connectivity index (χ0) is 19.9. The van der Waals surface area contributed by atoms with E-state index in [1.54, 1.807) is 23.1 Å². The average Bonchev–Trinajstić information content (AvgIpc) is 2.72. The van der Waals surface area contributed by atoms with E-state index in [2.05, 4.69) is 10.2 Å². The fraction of sp³-hybridized carbons (Fsp3) is 0.238. The maximum Gasteiger partial charge on any atom is 0.244 e. The smallest absolute Gasteiger partial charge is 0.244 e. The van der Waals surface area contributed by atoms with Crippen LogP contribution in [0.5, 0.6) is 0 Å². The predicted molar refractivity (Wildman–Crippen MR) is 109 cm³/mol. The Kier molecular flexibility index (Phi) is 6.66. The number of carbonyl (C=O) groups excluding carboxylic acids is 2. The summed E-state index contributed by atoms with van der Waals surface area (Å²) in [5, 5.41) is 3.29. The van der Waals surface area contributed by atoms with Crippen LogP contribution >= 0.6 is 11.6 Å². The maximum absolute atomic E-state index is 12.9. The molecule has 3 rings (SSSR count). The highest BCUT2D eigenvalue weighted by atomic mass is 35.5. The topological polar surface area (TPSA) is 52.7 Å². The molecule has 0 atom stereocenters. The number of nitrogens with one attached hydrogen (secondary N) is 1. The quantitative estimate of drug-likeness (QED) is 0.784. The lowest BCUT2D eigenvalue weighted by Crippen LogP contribution is -2.51. The van der Waals surface area contributed by atoms with E-state index < -0.39 is 0 Å². The molecular formula is C21H21ClFN3O2. The van der Waals surface area contributed by atoms with Crippen molar-refractivity contribution >= 4 is 35.2 Å². The summed E-state index contributed by atoms with van der Waals surface area (Å²) in [5.41, 5.74) is 1.79. The van der Waals surface area contributed by atoms with Crippen molar-refractivity contribution in [1.82, 2.24) is 10.2 Å². The van der Waals surface area contributed by atoms with Crippen molar-refractivity contribution in [3.05, 3.63) is 71.0 Å². The van der Waals surface area contributed by atoms with Gasteiger partial charge in [-0.2, -0.15) is 0 Å². The number of carbonyl (C=O) groups is 2. The lowest BCUT2D eigenvalue weighted by molar-refractivity contribution is -0.132. The van der Waals surface area contributed by atoms with Crippen LogP contribution in [0.1, 0.15) is 5.56 Å². The Labute approximate surface area is 168 Å². The van der Waals surface area contributed by atoms with E-state index in [4.69, 9.17) is 11.6 Å². The van der Waals surface area contributed by atoms with Gasteiger partial charge in [0, 0.05) is 43.0 Å². The summed E-state index contributed by atoms with van der Waals surface area (Å²) in [7, 11) is 0. The fourth-order valence-electron chi connectivity index (χ4n) is 2.95. The molecule has 7 heteroatoms. The molecule has 28 heavy (non-hydrogen) atoms. The number of benzene rings is 2. The van der Waals surface area contributed by atoms with Gasteiger partial charge in [0.25, 0.3) is 0 Å². The summed E-state index contributed by atoms with van der Waals surface area (Å²) in [6.45, 7) is 2.61. The van der Waals surface area contributed by atoms with Crippen LogP contribution in [0.15, 0.2) is 54.6 Å². The lowest BCUT2D eigenvalue weighted by Gasteiger charge is -2.36. The van der Waals surface area contributed by atoms with Gasteiger partial charge in [0.2, 0.25) is 11.8 Å². The van der Waals surface area contributed by atoms with Crippen molar-refractivity contribution in [3.8, 4) is 0 Å². The molecule has 0 aliphatic carbocycles. The first-order valence-corrected chi connectivity index (χ1v) is 9.39. The molecular weight excluding hydrogens is 381 g/mol. The minimum atomic E-state index is -0.363. The highest BCUT2D eigenvalue weighted by Crippen LogP contribution is 2.19. The molecule has 2 amide bonds. The number of anilines is 1. The van der Waals surface area contributed by atoms with E-state index in [0.717, 1.165) is 18.8 Å². The SMILES string of the molecule is O=C(/C=C/c1ccc(F)cc1)NCC(=O)N1CCN(c2ccc(Cl)cc2)CC1. The second-order valence-electron chi connectivity index (χ2n) is 6.45. The Morgan fingerprint density at radius 3 is 2.29 bits per heavy atom. The zero-order valence-corrected chi connectivity index (χ0v) is 16.0. The van der Waals surface area contributed by atoms with Crippen LogP contribution in [0.25, 0.3) is 6.08 Å². The van der Waals surface area contributed by atoms with Crippen LogP contribution in [0.3, 0.4) is 0 Å². The lowest BCUT2D eigenvalue weighted by atomic mass is 10.2. The van der Waals surface area contributed by atoms with Crippen molar-refractivity contribution in [2.75, 3.05) is 37.6 Å². The number of rotatable bonds is 5. The third kappa shape index (κ3) is 5.57. The molecule has 1 aliphatic rings. The van der Waals surface area contributed by atoms with Crippen LogP contribution in [0, 0.1) is 5.82 Å². The maximum atomic E-state index is 12.9. The van der Waals surface area contributed by atoms with Gasteiger partial charge in [0.15, 0.2) is 0 Å². The summed E-state index contributed by atoms with van der Waals surface area (Å²) in [6.07, 6.45) is 2.91. The molecule has 0 bridgehead atoms. The Bertz CT molecular complexity index is 845. The van der Waals surface area contributed by atoms with Crippen LogP contribution in [-0.4, -0.2) is 49.4 Å². The van der Waals surface area contributed by atoms with E-state index in [1.165, 1.54) is 18.2 Å². The Balaban J connectivity index is 1.42. The van der Waals surface area contributed by atoms with Crippen LogP contribution in [0.2, 0.25) is 5.02 Å². The number of hydrogen-bond donors (Lipinski definition) is 1. The van der Waals surface area contributed by atoms with Crippen LogP contribution in [0.4, 0.5) is 10.1 Å². The largest absolute Gasteiger partial charge is 0.368 e. The van der Waals surface area contributed by atoms with E-state index in [1.807, 2.05) is 24.3 Å². The van der Waals surface area contributed by atoms with Gasteiger partial charge < -0.3 is 15.1 Å². The van der Waals surface area contributed by atoms with Crippen LogP contribution < -0.4 is 10.2 Å². The van der Waals surface area contributed by atoms with Gasteiger partial charge in [-0.1, -0.05) is 23.7 Å². The molecule has 2 aromatic rings. The van der Waals surface area contributed by atoms with Gasteiger partial charge in [-0.3, -0.25) is 9.59 Å². The van der Waals surface area contributed by atoms with Gasteiger partial charge in [-0.15, -0.1) is 0 Å². The molecule has 0 spiro atoms. The van der Waals surface area contributed by atoms with Gasteiger partial charge >= 0.3 is 0 Å². The first-order valence-electron chi connectivity index (χ1n) is 9.01. The summed E-state index contributed by atoms with van der Waals surface area (Å²) in [5.74, 6) is -0.805. The highest BCUT2D eigenvalue weighted by molar-refractivity contribution is 6.30. The standard InChI is InChI=1S/C21H21ClFN3O2/c22-17-4-8-19(9-5-17)25-11-13-26(14-12-25)21(28)15-24-20(27)10-3-16-1-6-18(23)7-2-16/h1-10H,11-15H2,(H,24,27)/b10-3+. The molecule has 0 saturated carbocycles. The van der Waals surface area contributed by atoms with Gasteiger partial charge in [-0.25, -0.2) is 4.39 Å². The first-order chi connectivity index (χ1) is 13.5. The van der Waals surface area contributed by atoms with E-state index >= 15 is 0 Å². The van der Waals surface area contributed by atoms with Gasteiger partial charge in [0.1, 0.15) is 5.82 Å². The van der Waals surface area contributed by atoms with Crippen molar-refractivity contribution < 1.29 is 14.0 Å². The number of hydrogen-bond acceptors (Lipinski definition) is 3. The molecule has 146 valence electrons. The number of amides is 2. The molecule has 0 unspecified atom stereocenters. The van der Waals surface area contributed by atoms with E-state index in [9.17, 15) is 14.0 Å².